The number of carboxylic acids is 2. The first-order valence-corrected chi connectivity index (χ1v) is 13.9. The third kappa shape index (κ3) is 6.67. The summed E-state index contributed by atoms with van der Waals surface area (Å²) in [6, 6.07) is 16.2. The zero-order chi connectivity index (χ0) is 29.8. The van der Waals surface area contributed by atoms with Crippen molar-refractivity contribution in [3.63, 3.8) is 0 Å². The van der Waals surface area contributed by atoms with Crippen molar-refractivity contribution >= 4 is 82.3 Å². The summed E-state index contributed by atoms with van der Waals surface area (Å²) in [4.78, 5) is 23.3. The molecule has 4 N–H and O–H groups in total. The number of hydrogen-bond acceptors (Lipinski definition) is 5. The van der Waals surface area contributed by atoms with Gasteiger partial charge in [0.2, 0.25) is 0 Å². The van der Waals surface area contributed by atoms with Crippen molar-refractivity contribution in [3.05, 3.63) is 104 Å². The van der Waals surface area contributed by atoms with Crippen molar-refractivity contribution < 1.29 is 30.0 Å². The molecular weight excluding hydrogens is 630 g/mol. The maximum Gasteiger partial charge on any atom is 0.328 e. The molecule has 0 unspecified atom stereocenters. The van der Waals surface area contributed by atoms with E-state index in [-0.39, 0.29) is 42.7 Å². The fourth-order valence-electron chi connectivity index (χ4n) is 3.98. The monoisotopic (exact) mass is 646 g/mol. The number of rotatable bonds is 8. The Balaban J connectivity index is 1.96. The van der Waals surface area contributed by atoms with Crippen LogP contribution in [0, 0.1) is 0 Å². The third-order valence-corrected chi connectivity index (χ3v) is 8.89. The molecular formula is C30H18Cl4O6S. The number of halogens is 4. The van der Waals surface area contributed by atoms with E-state index in [4.69, 9.17) is 46.4 Å². The zero-order valence-corrected chi connectivity index (χ0v) is 24.4. The third-order valence-electron chi connectivity index (χ3n) is 5.82. The van der Waals surface area contributed by atoms with E-state index < -0.39 is 11.9 Å². The van der Waals surface area contributed by atoms with E-state index in [9.17, 15) is 30.0 Å². The van der Waals surface area contributed by atoms with Crippen LogP contribution in [0.1, 0.15) is 11.1 Å². The van der Waals surface area contributed by atoms with Gasteiger partial charge in [0.15, 0.2) is 0 Å². The van der Waals surface area contributed by atoms with Crippen LogP contribution in [0.4, 0.5) is 0 Å². The van der Waals surface area contributed by atoms with E-state index in [1.807, 2.05) is 0 Å². The van der Waals surface area contributed by atoms with Crippen molar-refractivity contribution in [2.24, 2.45) is 0 Å². The van der Waals surface area contributed by atoms with Crippen LogP contribution >= 0.6 is 58.2 Å². The fourth-order valence-corrected chi connectivity index (χ4v) is 6.15. The molecule has 0 aliphatic rings. The minimum Gasteiger partial charge on any atom is -0.507 e. The van der Waals surface area contributed by atoms with Gasteiger partial charge in [0, 0.05) is 44.2 Å². The van der Waals surface area contributed by atoms with Gasteiger partial charge in [-0.2, -0.15) is 0 Å². The van der Waals surface area contributed by atoms with Gasteiger partial charge in [-0.3, -0.25) is 0 Å². The Morgan fingerprint density at radius 2 is 0.951 bits per heavy atom. The number of hydrogen-bond donors (Lipinski definition) is 4. The average Bonchev–Trinajstić information content (AvgIpc) is 2.93. The molecule has 0 spiro atoms. The Morgan fingerprint density at radius 3 is 1.29 bits per heavy atom. The lowest BCUT2D eigenvalue weighted by Gasteiger charge is -2.18. The van der Waals surface area contributed by atoms with Crippen LogP contribution in [-0.4, -0.2) is 32.4 Å². The van der Waals surface area contributed by atoms with Gasteiger partial charge in [0.1, 0.15) is 11.5 Å². The minimum absolute atomic E-state index is 0.0385. The molecule has 0 aliphatic carbocycles. The quantitative estimate of drug-likeness (QED) is 0.141. The van der Waals surface area contributed by atoms with Crippen molar-refractivity contribution in [1.29, 1.82) is 0 Å². The molecule has 0 atom stereocenters. The largest absolute Gasteiger partial charge is 0.507 e. The molecule has 0 saturated carbocycles. The lowest BCUT2D eigenvalue weighted by atomic mass is 9.98. The molecule has 208 valence electrons. The van der Waals surface area contributed by atoms with Gasteiger partial charge in [0.25, 0.3) is 0 Å². The topological polar surface area (TPSA) is 115 Å². The lowest BCUT2D eigenvalue weighted by Crippen LogP contribution is -1.94. The Bertz CT molecular complexity index is 1620. The summed E-state index contributed by atoms with van der Waals surface area (Å²) < 4.78 is 0. The molecule has 0 bridgehead atoms. The van der Waals surface area contributed by atoms with Crippen molar-refractivity contribution in [2.45, 2.75) is 9.79 Å². The number of phenolic OH excluding ortho intramolecular Hbond substituents is 2. The van der Waals surface area contributed by atoms with E-state index >= 15 is 0 Å². The molecule has 0 aliphatic heterocycles. The van der Waals surface area contributed by atoms with Crippen molar-refractivity contribution in [1.82, 2.24) is 0 Å². The van der Waals surface area contributed by atoms with Gasteiger partial charge < -0.3 is 20.4 Å². The Hall–Kier alpha value is -3.59. The van der Waals surface area contributed by atoms with Gasteiger partial charge in [0.05, 0.1) is 20.1 Å². The number of benzene rings is 4. The number of aliphatic carboxylic acids is 2. The second kappa shape index (κ2) is 12.9. The summed E-state index contributed by atoms with van der Waals surface area (Å²) in [6.07, 6.45) is 4.39. The number of para-hydroxylation sites is 2. The van der Waals surface area contributed by atoms with Gasteiger partial charge in [-0.25, -0.2) is 9.59 Å². The van der Waals surface area contributed by atoms with E-state index in [1.54, 1.807) is 48.5 Å². The molecule has 0 saturated heterocycles. The van der Waals surface area contributed by atoms with Crippen LogP contribution in [0.2, 0.25) is 20.1 Å². The Kier molecular flexibility index (Phi) is 9.58. The molecule has 0 radical (unpaired) electrons. The number of aromatic hydroxyl groups is 2. The second-order valence-electron chi connectivity index (χ2n) is 8.41. The number of phenols is 2. The van der Waals surface area contributed by atoms with Gasteiger partial charge in [-0.1, -0.05) is 94.6 Å². The predicted octanol–water partition coefficient (Wildman–Crippen LogP) is 9.39. The van der Waals surface area contributed by atoms with Crippen molar-refractivity contribution in [3.8, 4) is 33.8 Å². The first-order chi connectivity index (χ1) is 19.5. The van der Waals surface area contributed by atoms with Crippen LogP contribution < -0.4 is 0 Å². The highest BCUT2D eigenvalue weighted by Crippen LogP contribution is 2.50. The van der Waals surface area contributed by atoms with Gasteiger partial charge in [-0.15, -0.1) is 0 Å². The number of carbonyl (C=O) groups is 2. The molecule has 4 rings (SSSR count). The predicted molar refractivity (Wildman–Crippen MR) is 165 cm³/mol. The van der Waals surface area contributed by atoms with Crippen LogP contribution in [0.15, 0.2) is 82.6 Å². The van der Waals surface area contributed by atoms with Crippen LogP contribution in [0.25, 0.3) is 34.4 Å². The van der Waals surface area contributed by atoms with E-state index in [1.165, 1.54) is 24.3 Å². The van der Waals surface area contributed by atoms with E-state index in [2.05, 4.69) is 0 Å². The molecule has 41 heavy (non-hydrogen) atoms. The van der Waals surface area contributed by atoms with Crippen LogP contribution in [-0.2, 0) is 9.59 Å². The maximum absolute atomic E-state index is 11.2. The van der Waals surface area contributed by atoms with Gasteiger partial charge >= 0.3 is 11.9 Å². The Morgan fingerprint density at radius 1 is 0.585 bits per heavy atom. The van der Waals surface area contributed by atoms with Crippen molar-refractivity contribution in [2.75, 3.05) is 0 Å². The van der Waals surface area contributed by atoms with E-state index in [0.717, 1.165) is 23.9 Å². The maximum atomic E-state index is 11.2. The van der Waals surface area contributed by atoms with Crippen LogP contribution in [0.5, 0.6) is 11.5 Å². The van der Waals surface area contributed by atoms with E-state index in [0.29, 0.717) is 32.0 Å². The van der Waals surface area contributed by atoms with Crippen LogP contribution in [0.3, 0.4) is 0 Å². The first kappa shape index (κ1) is 30.4. The lowest BCUT2D eigenvalue weighted by molar-refractivity contribution is -0.132. The summed E-state index contributed by atoms with van der Waals surface area (Å²) in [7, 11) is 0. The highest BCUT2D eigenvalue weighted by Gasteiger charge is 2.22. The summed E-state index contributed by atoms with van der Waals surface area (Å²) in [6.45, 7) is 0. The molecule has 0 aromatic heterocycles. The highest BCUT2D eigenvalue weighted by molar-refractivity contribution is 7.99. The molecule has 6 nitrogen and oxygen atoms in total. The summed E-state index contributed by atoms with van der Waals surface area (Å²) >= 11 is 27.7. The molecule has 0 fully saturated rings. The van der Waals surface area contributed by atoms with Gasteiger partial charge in [-0.05, 0) is 47.5 Å². The SMILES string of the molecule is O=C(O)/C=C/c1c(-c2ccccc2O)cc(Sc2cc(-c3ccccc3O)c(/C=C/C(=O)O)c(Cl)c2Cl)c(Cl)c1Cl. The first-order valence-electron chi connectivity index (χ1n) is 11.6. The summed E-state index contributed by atoms with van der Waals surface area (Å²) in [5, 5.41) is 39.8. The molecule has 4 aromatic rings. The fraction of sp³-hybridized carbons (Fsp3) is 0. The molecule has 11 heteroatoms. The number of carboxylic acid groups (broad SMARTS) is 2. The smallest absolute Gasteiger partial charge is 0.328 e. The molecule has 0 heterocycles. The summed E-state index contributed by atoms with van der Waals surface area (Å²) in [5.74, 6) is -2.53. The zero-order valence-electron chi connectivity index (χ0n) is 20.6. The molecule has 4 aromatic carbocycles. The second-order valence-corrected chi connectivity index (χ2v) is 11.0. The molecule has 0 amide bonds. The standard InChI is InChI=1S/C30H18Cl4O6S/c31-27-17(9-11-25(37)38)19(15-5-1-3-7-21(15)35)13-23(29(27)33)41-24-14-20(16-6-2-4-8-22(16)36)18(10-12-26(39)40)28(32)30(24)34/h1-14,35-36H,(H,37,38)(H,39,40)/b11-9+,12-10+. The average molecular weight is 648 g/mol. The Labute approximate surface area is 258 Å². The minimum atomic E-state index is -1.20. The highest BCUT2D eigenvalue weighted by atomic mass is 35.5. The summed E-state index contributed by atoms with van der Waals surface area (Å²) in [5.41, 5.74) is 2.12. The normalized spacial score (nSPS) is 11.4.